The van der Waals surface area contributed by atoms with Gasteiger partial charge in [0.25, 0.3) is 0 Å². The van der Waals surface area contributed by atoms with Gasteiger partial charge < -0.3 is 44.6 Å². The topological polar surface area (TPSA) is 0 Å². The number of hydrogen-bond acceptors (Lipinski definition) is 0. The first-order valence-electron chi connectivity index (χ1n) is 36.7. The molecule has 0 aromatic rings. The Morgan fingerprint density at radius 1 is 0.330 bits per heavy atom. The summed E-state index contributed by atoms with van der Waals surface area (Å²) in [4.78, 5) is 0. The summed E-state index contributed by atoms with van der Waals surface area (Å²) in [7, 11) is 29.6. The second-order valence-electron chi connectivity index (χ2n) is 32.1. The predicted molar refractivity (Wildman–Crippen MR) is 426 cm³/mol. The van der Waals surface area contributed by atoms with Crippen molar-refractivity contribution >= 4 is 51.1 Å². The van der Waals surface area contributed by atoms with Crippen molar-refractivity contribution in [2.45, 2.75) is 360 Å². The number of halogens is 6. The molecular weight excluding hydrogens is 1510 g/mol. The van der Waals surface area contributed by atoms with Crippen molar-refractivity contribution in [3.8, 4) is 0 Å². The van der Waals surface area contributed by atoms with Crippen LogP contribution in [-0.4, -0.2) is 0 Å². The van der Waals surface area contributed by atoms with E-state index in [4.69, 9.17) is 51.1 Å². The van der Waals surface area contributed by atoms with E-state index in [0.717, 1.165) is 123 Å². The van der Waals surface area contributed by atoms with Crippen LogP contribution in [0.15, 0.2) is 12.7 Å². The summed E-state index contributed by atoms with van der Waals surface area (Å²) in [5.41, 5.74) is 2.21. The summed E-state index contributed by atoms with van der Waals surface area (Å²) < 4.78 is 0. The first-order chi connectivity index (χ1) is 40.2. The monoisotopic (exact) mass is 1660 g/mol. The molecule has 14 saturated carbocycles. The Morgan fingerprint density at radius 3 is 0.894 bits per heavy atom. The average molecular weight is 1670 g/mol. The molecule has 0 aromatic carbocycles. The molecule has 14 aliphatic carbocycles. The Labute approximate surface area is 652 Å². The van der Waals surface area contributed by atoms with E-state index < -0.39 is 62.5 Å². The van der Waals surface area contributed by atoms with Crippen LogP contribution in [0, 0.1) is 173 Å². The molecule has 94 heavy (non-hydrogen) atoms. The van der Waals surface area contributed by atoms with Crippen LogP contribution in [-0.2, 0) is 62.5 Å². The van der Waals surface area contributed by atoms with Crippen LogP contribution >= 0.6 is 51.1 Å². The Balaban J connectivity index is -0.000000576. The van der Waals surface area contributed by atoms with Gasteiger partial charge in [0.2, 0.25) is 0 Å². The van der Waals surface area contributed by atoms with Gasteiger partial charge in [-0.15, -0.1) is 6.58 Å². The van der Waals surface area contributed by atoms with Gasteiger partial charge in [0.1, 0.15) is 0 Å². The van der Waals surface area contributed by atoms with Gasteiger partial charge in [-0.2, -0.15) is 0 Å². The van der Waals surface area contributed by atoms with Gasteiger partial charge in [0.05, 0.1) is 0 Å². The van der Waals surface area contributed by atoms with Gasteiger partial charge in [-0.1, -0.05) is 212 Å². The number of fused-ring (bicyclic) bond motifs is 9. The molecule has 0 aromatic heterocycles. The summed E-state index contributed by atoms with van der Waals surface area (Å²) in [5.74, 6) is 21.3. The van der Waals surface area contributed by atoms with Crippen LogP contribution in [0.5, 0.6) is 0 Å². The fourth-order valence-corrected chi connectivity index (χ4v) is 26.9. The molecule has 0 radical (unpaired) electrons. The van der Waals surface area contributed by atoms with E-state index in [2.05, 4.69) is 26.5 Å². The van der Waals surface area contributed by atoms with Crippen molar-refractivity contribution < 1.29 is 62.5 Å². The molecule has 14 rings (SSSR count). The maximum atomic E-state index is 4.93. The van der Waals surface area contributed by atoms with Crippen molar-refractivity contribution in [2.24, 2.45) is 129 Å². The second kappa shape index (κ2) is 53.0. The fraction of sp³-hybridized carbons (Fsp3) is 0.906. The third kappa shape index (κ3) is 24.3. The molecule has 14 aliphatic rings. The molecule has 558 valence electrons. The standard InChI is InChI=1S/C28H46.C24H40.C21H36.6CH4.6CH3.6ClH.3Zr/c1-2-3-11-21-16-17-22(20-21)28(18-9-4-10-19-28)27-25-14-7-5-12-23(25)24-13-6-8-15-26(24)27;1-8-16-24(17-9-1,18-10-2-3-11-18)23-21-14-6-4-12-19(21)20-13-5-7-15-22(20)23;1-21(2,15-9-3-4-10-15)20-18-13-7-5-11-16(18)17-12-6-8-14-19(17)20;;;;;;;;;;;;;;;;;;;;;/h2,21-27H,1,3-20H2;18-23H,1-17H2;15-20H,3-14H2,1-2H3;6*1H4;6*1H3;6*1H;;;/q;;;;;;;;;6*-1;;;;;;;3*+4/p-6. The van der Waals surface area contributed by atoms with E-state index in [-0.39, 0.29) is 89.1 Å². The van der Waals surface area contributed by atoms with Crippen LogP contribution in [0.4, 0.5) is 0 Å². The van der Waals surface area contributed by atoms with Crippen LogP contribution in [0.25, 0.3) is 0 Å². The molecule has 0 saturated heterocycles. The van der Waals surface area contributed by atoms with Crippen molar-refractivity contribution in [3.63, 3.8) is 0 Å². The second-order valence-corrected chi connectivity index (χ2v) is 43.3. The average Bonchev–Trinajstić information content (AvgIpc) is 1.57. The molecule has 0 N–H and O–H groups in total. The zero-order valence-corrected chi connectivity index (χ0v) is 70.7. The van der Waals surface area contributed by atoms with Crippen LogP contribution in [0.3, 0.4) is 0 Å². The van der Waals surface area contributed by atoms with E-state index in [1.807, 2.05) is 0 Å². The van der Waals surface area contributed by atoms with Crippen molar-refractivity contribution in [3.05, 3.63) is 57.2 Å². The molecule has 0 heterocycles. The Bertz CT molecular complexity index is 1740. The van der Waals surface area contributed by atoms with Crippen molar-refractivity contribution in [1.82, 2.24) is 0 Å². The van der Waals surface area contributed by atoms with E-state index in [0.29, 0.717) is 5.41 Å². The molecule has 0 nitrogen and oxygen atoms in total. The summed E-state index contributed by atoms with van der Waals surface area (Å²) in [6.45, 7) is 9.38. The fourth-order valence-electron chi connectivity index (χ4n) is 26.9. The van der Waals surface area contributed by atoms with E-state index in [1.165, 1.54) is 64.2 Å². The van der Waals surface area contributed by atoms with Crippen LogP contribution < -0.4 is 0 Å². The molecule has 0 amide bonds. The van der Waals surface area contributed by atoms with Crippen LogP contribution in [0.2, 0.25) is 0 Å². The molecule has 9 heteroatoms. The molecule has 0 spiro atoms. The predicted octanol–water partition coefficient (Wildman–Crippen LogP) is 33.0. The summed E-state index contributed by atoms with van der Waals surface area (Å²) >= 11 is -2.48. The molecular formula is C85H164Cl6Zr3. The third-order valence-electron chi connectivity index (χ3n) is 29.1. The normalized spacial score (nSPS) is 35.5. The van der Waals surface area contributed by atoms with Gasteiger partial charge in [0, 0.05) is 0 Å². The van der Waals surface area contributed by atoms with Gasteiger partial charge >= 0.3 is 114 Å². The summed E-state index contributed by atoms with van der Waals surface area (Å²) in [6.07, 6.45) is 75.7. The van der Waals surface area contributed by atoms with Gasteiger partial charge in [-0.25, -0.2) is 0 Å². The van der Waals surface area contributed by atoms with Crippen molar-refractivity contribution in [1.29, 1.82) is 0 Å². The molecule has 14 fully saturated rings. The zero-order valence-electron chi connectivity index (χ0n) is 58.8. The van der Waals surface area contributed by atoms with Crippen LogP contribution in [0.1, 0.15) is 360 Å². The quantitative estimate of drug-likeness (QED) is 0.159. The SMILES string of the molecule is C.C.C.C.C.C.C1CCC(C2CCCC2)(C2C3CCCCC3C3CCCCC32)CC1.C=CCCC1CCC(C2(C3C4CCCCC4C4CCCCC43)CCCCC2)C1.CC(C)(C1CCCC1)C1C2CCCCC2C2CCCCC21.[CH3-].[CH3-].[CH3-].[CH3-].[CH3-].[CH3-].[Cl][Zr+2][Cl].[Cl][Zr+2][Cl].[Cl][Zr+2][Cl]. The minimum atomic E-state index is -0.826. The molecule has 14 unspecified atom stereocenters. The Morgan fingerprint density at radius 2 is 0.585 bits per heavy atom. The molecule has 0 bridgehead atoms. The van der Waals surface area contributed by atoms with Gasteiger partial charge in [-0.05, 0) is 283 Å². The van der Waals surface area contributed by atoms with Gasteiger partial charge in [0.15, 0.2) is 0 Å². The molecule has 0 aliphatic heterocycles. The minimum absolute atomic E-state index is 0. The first kappa shape index (κ1) is 104. The Kier molecular flexibility index (Phi) is 58.9. The first-order valence-corrected chi connectivity index (χ1v) is 55.7. The van der Waals surface area contributed by atoms with E-state index in [1.54, 1.807) is 238 Å². The summed E-state index contributed by atoms with van der Waals surface area (Å²) in [5, 5.41) is 0. The molecule has 14 atom stereocenters. The third-order valence-corrected chi connectivity index (χ3v) is 29.1. The van der Waals surface area contributed by atoms with Gasteiger partial charge in [-0.3, -0.25) is 0 Å². The van der Waals surface area contributed by atoms with Crippen molar-refractivity contribution in [2.75, 3.05) is 0 Å². The Hall–Kier alpha value is 4.13. The summed E-state index contributed by atoms with van der Waals surface area (Å²) in [6, 6.07) is 0. The van der Waals surface area contributed by atoms with E-state index in [9.17, 15) is 0 Å². The number of rotatable bonds is 9. The van der Waals surface area contributed by atoms with E-state index >= 15 is 0 Å². The zero-order chi connectivity index (χ0) is 57.5. The number of allylic oxidation sites excluding steroid dienone is 1. The maximum absolute atomic E-state index is 4.93. The number of hydrogen-bond donors (Lipinski definition) is 0.